The molecule has 0 radical (unpaired) electrons. The van der Waals surface area contributed by atoms with Crippen molar-refractivity contribution >= 4 is 5.69 Å². The first-order valence-corrected chi connectivity index (χ1v) is 3.17. The molecule has 0 saturated carbocycles. The van der Waals surface area contributed by atoms with Crippen molar-refractivity contribution in [1.82, 2.24) is 4.68 Å². The largest absolute Gasteiger partial charge is 0.387 e. The molecule has 0 fully saturated rings. The Morgan fingerprint density at radius 2 is 2.27 bits per heavy atom. The molecule has 0 atom stereocenters. The first kappa shape index (κ1) is 7.46. The van der Waals surface area contributed by atoms with Crippen LogP contribution in [0.15, 0.2) is 23.4 Å². The molecule has 0 unspecified atom stereocenters. The third kappa shape index (κ3) is 1.43. The van der Waals surface area contributed by atoms with E-state index in [0.717, 1.165) is 5.69 Å². The lowest BCUT2D eigenvalue weighted by Crippen LogP contribution is -2.28. The Hall–Kier alpha value is -1.65. The lowest BCUT2D eigenvalue weighted by atomic mass is 10.4. The fourth-order valence-electron chi connectivity index (χ4n) is 0.767. The second kappa shape index (κ2) is 2.96. The Labute approximate surface area is 64.3 Å². The Balaban J connectivity index is 3.21. The normalized spacial score (nSPS) is 11.5. The smallest absolute Gasteiger partial charge is 0.170 e. The molecule has 0 aliphatic rings. The van der Waals surface area contributed by atoms with Crippen molar-refractivity contribution < 1.29 is 0 Å². The Morgan fingerprint density at radius 3 is 2.73 bits per heavy atom. The van der Waals surface area contributed by atoms with Gasteiger partial charge >= 0.3 is 0 Å². The van der Waals surface area contributed by atoms with E-state index >= 15 is 0 Å². The van der Waals surface area contributed by atoms with Crippen molar-refractivity contribution in [2.24, 2.45) is 10.9 Å². The fourth-order valence-corrected chi connectivity index (χ4v) is 0.767. The molecule has 1 heterocycles. The highest BCUT2D eigenvalue weighted by Crippen LogP contribution is 1.97. The number of hydrogen-bond donors (Lipinski definition) is 3. The van der Waals surface area contributed by atoms with E-state index in [1.54, 1.807) is 12.3 Å². The fraction of sp³-hybridized carbons (Fsp3) is 0.167. The highest BCUT2D eigenvalue weighted by molar-refractivity contribution is 5.38. The number of nitrogens with two attached hydrogens (primary N) is 2. The van der Waals surface area contributed by atoms with Crippen LogP contribution in [0, 0.1) is 0 Å². The lowest BCUT2D eigenvalue weighted by molar-refractivity contribution is 0.876. The zero-order chi connectivity index (χ0) is 8.27. The van der Waals surface area contributed by atoms with E-state index in [-0.39, 0.29) is 0 Å². The topological polar surface area (TPSA) is 81.4 Å². The summed E-state index contributed by atoms with van der Waals surface area (Å²) in [6.07, 6.45) is 1.70. The molecule has 5 N–H and O–H groups in total. The number of pyridine rings is 1. The number of aromatic nitrogens is 1. The van der Waals surface area contributed by atoms with Gasteiger partial charge in [-0.05, 0) is 12.1 Å². The summed E-state index contributed by atoms with van der Waals surface area (Å²) in [4.78, 5) is 0. The van der Waals surface area contributed by atoms with E-state index < -0.39 is 0 Å². The second-order valence-corrected chi connectivity index (χ2v) is 2.06. The third-order valence-electron chi connectivity index (χ3n) is 1.38. The van der Waals surface area contributed by atoms with Gasteiger partial charge in [-0.1, -0.05) is 0 Å². The van der Waals surface area contributed by atoms with Gasteiger partial charge in [-0.15, -0.1) is 0 Å². The Bertz CT molecular complexity index is 300. The monoisotopic (exact) mass is 153 g/mol. The van der Waals surface area contributed by atoms with Gasteiger partial charge in [0.1, 0.15) is 0 Å². The molecule has 5 heteroatoms. The zero-order valence-corrected chi connectivity index (χ0v) is 6.28. The van der Waals surface area contributed by atoms with Crippen LogP contribution in [0.2, 0.25) is 0 Å². The summed E-state index contributed by atoms with van der Waals surface area (Å²) in [5.41, 5.74) is 1.45. The maximum absolute atomic E-state index is 5.51. The third-order valence-corrected chi connectivity index (χ3v) is 1.38. The lowest BCUT2D eigenvalue weighted by Gasteiger charge is -2.02. The quantitative estimate of drug-likeness (QED) is 0.358. The number of nitrogens with zero attached hydrogens (tertiary/aromatic N) is 2. The van der Waals surface area contributed by atoms with Crippen LogP contribution in [0.3, 0.4) is 0 Å². The van der Waals surface area contributed by atoms with E-state index in [1.165, 1.54) is 4.68 Å². The van der Waals surface area contributed by atoms with Crippen LogP contribution in [-0.4, -0.2) is 11.7 Å². The van der Waals surface area contributed by atoms with E-state index in [2.05, 4.69) is 10.4 Å². The summed E-state index contributed by atoms with van der Waals surface area (Å²) in [7, 11) is 1.81. The van der Waals surface area contributed by atoms with Gasteiger partial charge in [0.2, 0.25) is 0 Å². The summed E-state index contributed by atoms with van der Waals surface area (Å²) in [6, 6.07) is 3.57. The van der Waals surface area contributed by atoms with E-state index in [1.807, 2.05) is 13.1 Å². The maximum Gasteiger partial charge on any atom is 0.170 e. The summed E-state index contributed by atoms with van der Waals surface area (Å²) in [5.74, 6) is 10.6. The highest BCUT2D eigenvalue weighted by atomic mass is 15.3. The van der Waals surface area contributed by atoms with Crippen molar-refractivity contribution in [3.05, 3.63) is 23.8 Å². The van der Waals surface area contributed by atoms with Gasteiger partial charge in [0.15, 0.2) is 5.49 Å². The Kier molecular flexibility index (Phi) is 2.00. The summed E-state index contributed by atoms with van der Waals surface area (Å²) in [6.45, 7) is 0. The molecular formula is C6H11N5. The molecule has 0 bridgehead atoms. The molecule has 0 spiro atoms. The number of anilines is 1. The van der Waals surface area contributed by atoms with Crippen molar-refractivity contribution in [2.45, 2.75) is 0 Å². The average Bonchev–Trinajstić information content (AvgIpc) is 2.04. The number of hydrogen-bond acceptors (Lipinski definition) is 4. The van der Waals surface area contributed by atoms with Gasteiger partial charge in [0.05, 0.1) is 11.9 Å². The van der Waals surface area contributed by atoms with Crippen LogP contribution >= 0.6 is 0 Å². The average molecular weight is 153 g/mol. The van der Waals surface area contributed by atoms with Crippen LogP contribution in [-0.2, 0) is 0 Å². The molecule has 1 rings (SSSR count). The van der Waals surface area contributed by atoms with E-state index in [0.29, 0.717) is 5.49 Å². The van der Waals surface area contributed by atoms with Crippen molar-refractivity contribution in [1.29, 1.82) is 0 Å². The van der Waals surface area contributed by atoms with Crippen molar-refractivity contribution in [3.8, 4) is 0 Å². The maximum atomic E-state index is 5.51. The van der Waals surface area contributed by atoms with Crippen LogP contribution in [0.5, 0.6) is 0 Å². The van der Waals surface area contributed by atoms with Crippen molar-refractivity contribution in [3.63, 3.8) is 0 Å². The molecule has 0 saturated heterocycles. The van der Waals surface area contributed by atoms with Crippen LogP contribution in [0.25, 0.3) is 0 Å². The van der Waals surface area contributed by atoms with Crippen LogP contribution < -0.4 is 22.5 Å². The molecule has 60 valence electrons. The summed E-state index contributed by atoms with van der Waals surface area (Å²) < 4.78 is 1.35. The zero-order valence-electron chi connectivity index (χ0n) is 6.28. The minimum atomic E-state index is 0.531. The van der Waals surface area contributed by atoms with Crippen LogP contribution in [0.4, 0.5) is 5.69 Å². The number of rotatable bonds is 1. The summed E-state index contributed by atoms with van der Waals surface area (Å²) >= 11 is 0. The first-order valence-electron chi connectivity index (χ1n) is 3.17. The SMILES string of the molecule is CNc1cc/c(=N/N)n(N)c1. The van der Waals surface area contributed by atoms with Crippen LogP contribution in [0.1, 0.15) is 0 Å². The van der Waals surface area contributed by atoms with Gasteiger partial charge in [-0.3, -0.25) is 0 Å². The van der Waals surface area contributed by atoms with Gasteiger partial charge in [0, 0.05) is 7.05 Å². The van der Waals surface area contributed by atoms with Crippen molar-refractivity contribution in [2.75, 3.05) is 18.2 Å². The molecular weight excluding hydrogens is 142 g/mol. The molecule has 5 nitrogen and oxygen atoms in total. The second-order valence-electron chi connectivity index (χ2n) is 2.06. The predicted molar refractivity (Wildman–Crippen MR) is 43.9 cm³/mol. The van der Waals surface area contributed by atoms with Gasteiger partial charge in [-0.25, -0.2) is 4.68 Å². The molecule has 0 aliphatic heterocycles. The molecule has 0 aliphatic carbocycles. The molecule has 11 heavy (non-hydrogen) atoms. The minimum absolute atomic E-state index is 0.531. The molecule has 1 aromatic heterocycles. The molecule has 1 aromatic rings. The molecule has 0 aromatic carbocycles. The van der Waals surface area contributed by atoms with Gasteiger partial charge in [0.25, 0.3) is 0 Å². The number of nitrogen functional groups attached to an aromatic ring is 1. The minimum Gasteiger partial charge on any atom is -0.387 e. The van der Waals surface area contributed by atoms with E-state index in [9.17, 15) is 0 Å². The standard InChI is InChI=1S/C6H11N5/c1-9-5-2-3-6(10-7)11(8)4-5/h2-4,9H,7-8H2,1H3/b10-6-. The van der Waals surface area contributed by atoms with E-state index in [4.69, 9.17) is 11.7 Å². The highest BCUT2D eigenvalue weighted by Gasteiger charge is 1.89. The van der Waals surface area contributed by atoms with Gasteiger partial charge in [-0.2, -0.15) is 5.10 Å². The summed E-state index contributed by atoms with van der Waals surface area (Å²) in [5, 5.41) is 6.39. The first-order chi connectivity index (χ1) is 5.27. The predicted octanol–water partition coefficient (Wildman–Crippen LogP) is -0.982. The Morgan fingerprint density at radius 1 is 1.55 bits per heavy atom. The number of nitrogens with one attached hydrogen (secondary N) is 1. The molecule has 0 amide bonds. The van der Waals surface area contributed by atoms with Gasteiger partial charge < -0.3 is 17.0 Å².